The zero-order chi connectivity index (χ0) is 18.3. The van der Waals surface area contributed by atoms with Gasteiger partial charge in [0.15, 0.2) is 0 Å². The Morgan fingerprint density at radius 1 is 1.29 bits per heavy atom. The lowest BCUT2D eigenvalue weighted by molar-refractivity contribution is 0.00578. The summed E-state index contributed by atoms with van der Waals surface area (Å²) in [4.78, 5) is -0.107. The van der Waals surface area contributed by atoms with Crippen LogP contribution in [0, 0.1) is 0 Å². The quantitative estimate of drug-likeness (QED) is 0.613. The predicted molar refractivity (Wildman–Crippen MR) is 101 cm³/mol. The maximum atomic E-state index is 11.4. The second kappa shape index (κ2) is 6.66. The maximum absolute atomic E-state index is 11.4. The molecule has 0 unspecified atom stereocenters. The number of rotatable bonds is 4. The van der Waals surface area contributed by atoms with Crippen LogP contribution >= 0.6 is 24.2 Å². The largest absolute Gasteiger partial charge is 0.491 e. The first-order chi connectivity index (χ1) is 10.9. The van der Waals surface area contributed by atoms with E-state index in [1.54, 1.807) is 6.07 Å². The molecule has 5 nitrogen and oxygen atoms in total. The Hall–Kier alpha value is -0.505. The van der Waals surface area contributed by atoms with Crippen molar-refractivity contribution >= 4 is 47.4 Å². The normalized spacial score (nSPS) is 20.5. The van der Waals surface area contributed by atoms with Crippen molar-refractivity contribution in [3.8, 4) is 0 Å². The Balaban J connectivity index is 2.34. The second-order valence-electron chi connectivity index (χ2n) is 6.70. The first kappa shape index (κ1) is 19.8. The lowest BCUT2D eigenvalue weighted by Crippen LogP contribution is -2.41. The lowest BCUT2D eigenvalue weighted by atomic mass is 9.78. The molecule has 1 fully saturated rings. The van der Waals surface area contributed by atoms with E-state index in [1.165, 1.54) is 12.1 Å². The average Bonchev–Trinajstić information content (AvgIpc) is 2.63. The van der Waals surface area contributed by atoms with Gasteiger partial charge in [-0.3, -0.25) is 0 Å². The Labute approximate surface area is 154 Å². The van der Waals surface area contributed by atoms with Gasteiger partial charge < -0.3 is 9.31 Å². The molecule has 0 bridgehead atoms. The molecule has 1 aromatic carbocycles. The molecular weight excluding hydrogens is 369 g/mol. The summed E-state index contributed by atoms with van der Waals surface area (Å²) in [5.41, 5.74) is 0.631. The zero-order valence-corrected chi connectivity index (χ0v) is 16.5. The van der Waals surface area contributed by atoms with Gasteiger partial charge in [0.05, 0.1) is 16.2 Å². The minimum absolute atomic E-state index is 0.0682. The fourth-order valence-electron chi connectivity index (χ4n) is 2.23. The van der Waals surface area contributed by atoms with Crippen LogP contribution in [0.1, 0.15) is 33.3 Å². The Bertz CT molecular complexity index is 762. The molecule has 2 rings (SSSR count). The van der Waals surface area contributed by atoms with E-state index >= 15 is 0 Å². The number of halogens is 1. The van der Waals surface area contributed by atoms with E-state index in [-0.39, 0.29) is 9.92 Å². The predicted octanol–water partition coefficient (Wildman–Crippen LogP) is 2.93. The van der Waals surface area contributed by atoms with Gasteiger partial charge in [0.1, 0.15) is 4.90 Å². The molecule has 132 valence electrons. The molecule has 1 saturated heterocycles. The van der Waals surface area contributed by atoms with Gasteiger partial charge in [-0.15, -0.1) is 0 Å². The van der Waals surface area contributed by atoms with E-state index < -0.39 is 28.3 Å². The van der Waals surface area contributed by atoms with Gasteiger partial charge in [0.25, 0.3) is 0 Å². The van der Waals surface area contributed by atoms with Gasteiger partial charge in [-0.05, 0) is 50.9 Å². The summed E-state index contributed by atoms with van der Waals surface area (Å²) < 4.78 is 34.9. The van der Waals surface area contributed by atoms with Crippen LogP contribution in [0.3, 0.4) is 0 Å². The van der Waals surface area contributed by atoms with Crippen LogP contribution in [0.25, 0.3) is 6.08 Å². The van der Waals surface area contributed by atoms with E-state index in [0.717, 1.165) is 5.47 Å². The molecule has 0 amide bonds. The molecule has 0 spiro atoms. The van der Waals surface area contributed by atoms with Gasteiger partial charge in [-0.2, -0.15) is 12.6 Å². The summed E-state index contributed by atoms with van der Waals surface area (Å²) in [6.45, 7) is 7.89. The molecule has 2 N–H and O–H groups in total. The lowest BCUT2D eigenvalue weighted by Gasteiger charge is -2.32. The summed E-state index contributed by atoms with van der Waals surface area (Å²) in [7, 11) is -4.37. The zero-order valence-electron chi connectivity index (χ0n) is 14.0. The molecule has 9 heteroatoms. The summed E-state index contributed by atoms with van der Waals surface area (Å²) >= 11 is 10.4. The van der Waals surface area contributed by atoms with Crippen molar-refractivity contribution < 1.29 is 17.7 Å². The molecule has 0 aliphatic carbocycles. The number of nitrogens with two attached hydrogens (primary N) is 1. The highest BCUT2D eigenvalue weighted by atomic mass is 35.5. The minimum Gasteiger partial charge on any atom is -0.400 e. The first-order valence-corrected chi connectivity index (χ1v) is 9.92. The van der Waals surface area contributed by atoms with Crippen molar-refractivity contribution in [2.75, 3.05) is 5.75 Å². The third-order valence-corrected chi connectivity index (χ3v) is 6.11. The van der Waals surface area contributed by atoms with Crippen LogP contribution in [0.5, 0.6) is 0 Å². The van der Waals surface area contributed by atoms with Gasteiger partial charge in [-0.1, -0.05) is 23.7 Å². The van der Waals surface area contributed by atoms with Crippen molar-refractivity contribution in [2.24, 2.45) is 5.14 Å². The molecule has 24 heavy (non-hydrogen) atoms. The van der Waals surface area contributed by atoms with Crippen LogP contribution in [-0.4, -0.2) is 32.5 Å². The van der Waals surface area contributed by atoms with Crippen LogP contribution in [0.2, 0.25) is 5.02 Å². The fraction of sp³-hybridized carbons (Fsp3) is 0.467. The van der Waals surface area contributed by atoms with Crippen LogP contribution in [0.4, 0.5) is 0 Å². The van der Waals surface area contributed by atoms with Gasteiger partial charge in [-0.25, -0.2) is 13.6 Å². The van der Waals surface area contributed by atoms with Gasteiger partial charge in [0.2, 0.25) is 10.0 Å². The minimum atomic E-state index is -3.85. The van der Waals surface area contributed by atoms with Gasteiger partial charge >= 0.3 is 7.12 Å². The molecule has 0 radical (unpaired) electrons. The van der Waals surface area contributed by atoms with Crippen LogP contribution in [-0.2, 0) is 19.3 Å². The smallest absolute Gasteiger partial charge is 0.400 e. The summed E-state index contributed by atoms with van der Waals surface area (Å²) in [6, 6.07) is 4.54. The van der Waals surface area contributed by atoms with E-state index in [9.17, 15) is 8.42 Å². The molecule has 1 aliphatic rings. The van der Waals surface area contributed by atoms with E-state index in [0.29, 0.717) is 11.3 Å². The number of thiol groups is 1. The highest BCUT2D eigenvalue weighted by Gasteiger charge is 2.52. The number of hydrogen-bond acceptors (Lipinski definition) is 5. The van der Waals surface area contributed by atoms with E-state index in [1.807, 2.05) is 33.8 Å². The Morgan fingerprint density at radius 2 is 1.83 bits per heavy atom. The second-order valence-corrected chi connectivity index (χ2v) is 8.95. The third-order valence-electron chi connectivity index (χ3n) is 4.35. The van der Waals surface area contributed by atoms with Crippen molar-refractivity contribution in [1.29, 1.82) is 0 Å². The topological polar surface area (TPSA) is 78.6 Å². The number of primary sulfonamides is 1. The molecule has 1 heterocycles. The maximum Gasteiger partial charge on any atom is 0.491 e. The van der Waals surface area contributed by atoms with Crippen LogP contribution < -0.4 is 5.14 Å². The van der Waals surface area contributed by atoms with Gasteiger partial charge in [0, 0.05) is 5.75 Å². The summed E-state index contributed by atoms with van der Waals surface area (Å²) in [6.07, 6.45) is 1.83. The van der Waals surface area contributed by atoms with E-state index in [2.05, 4.69) is 12.6 Å². The molecule has 0 atom stereocenters. The molecule has 1 aromatic rings. The monoisotopic (exact) mass is 389 g/mol. The number of sulfonamides is 1. The average molecular weight is 390 g/mol. The third kappa shape index (κ3) is 4.00. The number of hydrogen-bond donors (Lipinski definition) is 2. The summed E-state index contributed by atoms with van der Waals surface area (Å²) in [5, 5.41) is 5.18. The van der Waals surface area contributed by atoms with Crippen molar-refractivity contribution in [3.63, 3.8) is 0 Å². The van der Waals surface area contributed by atoms with Crippen molar-refractivity contribution in [2.45, 2.75) is 43.8 Å². The fourth-order valence-corrected chi connectivity index (χ4v) is 3.57. The Kier molecular flexibility index (Phi) is 5.50. The Morgan fingerprint density at radius 3 is 2.25 bits per heavy atom. The molecule has 1 aliphatic heterocycles. The molecule has 0 aromatic heterocycles. The number of benzene rings is 1. The SMILES string of the molecule is CC1(C)OB(C(=Cc2ccc(S(N)(=O)=O)c(Cl)c2)CS)OC1(C)C. The summed E-state index contributed by atoms with van der Waals surface area (Å²) in [5.74, 6) is 0.422. The van der Waals surface area contributed by atoms with E-state index in [4.69, 9.17) is 26.0 Å². The highest BCUT2D eigenvalue weighted by molar-refractivity contribution is 7.89. The molecule has 0 saturated carbocycles. The van der Waals surface area contributed by atoms with Crippen molar-refractivity contribution in [3.05, 3.63) is 34.3 Å². The molecular formula is C15H21BClNO4S2. The standard InChI is InChI=1S/C15H21BClNO4S2/c1-14(2)15(3,4)22-16(21-14)11(9-23)7-10-5-6-13(12(17)8-10)24(18,19)20/h5-8,23H,9H2,1-4H3,(H2,18,19,20). The van der Waals surface area contributed by atoms with Crippen molar-refractivity contribution in [1.82, 2.24) is 0 Å². The first-order valence-electron chi connectivity index (χ1n) is 7.37. The highest BCUT2D eigenvalue weighted by Crippen LogP contribution is 2.39. The van der Waals surface area contributed by atoms with Crippen LogP contribution in [0.15, 0.2) is 28.6 Å².